The van der Waals surface area contributed by atoms with Gasteiger partial charge in [0.2, 0.25) is 0 Å². The lowest BCUT2D eigenvalue weighted by Gasteiger charge is -2.23. The normalized spacial score (nSPS) is 17.9. The number of amides is 1. The van der Waals surface area contributed by atoms with Crippen molar-refractivity contribution in [3.8, 4) is 5.75 Å². The number of hydrogen-bond donors (Lipinski definition) is 1. The Hall–Kier alpha value is -3.87. The van der Waals surface area contributed by atoms with Crippen LogP contribution in [0.3, 0.4) is 0 Å². The SMILES string of the molecule is COc1cc(C)c(/C(O)=C2/C(=O)C(=O)N(Cc3ccccn3)C2c2ccco2)cc1C. The number of furan rings is 1. The number of ketones is 1. The molecule has 1 atom stereocenters. The zero-order valence-electron chi connectivity index (χ0n) is 17.5. The van der Waals surface area contributed by atoms with E-state index >= 15 is 0 Å². The van der Waals surface area contributed by atoms with Crippen molar-refractivity contribution in [2.75, 3.05) is 7.11 Å². The number of aryl methyl sites for hydroxylation is 2. The van der Waals surface area contributed by atoms with Crippen molar-refractivity contribution in [3.05, 3.63) is 88.6 Å². The van der Waals surface area contributed by atoms with Crippen molar-refractivity contribution in [2.24, 2.45) is 0 Å². The van der Waals surface area contributed by atoms with Crippen LogP contribution in [0.15, 0.2) is 64.9 Å². The van der Waals surface area contributed by atoms with Gasteiger partial charge in [-0.1, -0.05) is 6.07 Å². The summed E-state index contributed by atoms with van der Waals surface area (Å²) in [5.74, 6) is -0.655. The van der Waals surface area contributed by atoms with Crippen LogP contribution in [0.4, 0.5) is 0 Å². The van der Waals surface area contributed by atoms with Gasteiger partial charge in [0.25, 0.3) is 11.7 Å². The minimum Gasteiger partial charge on any atom is -0.507 e. The standard InChI is InChI=1S/C24H22N2O5/c1-14-12-19(30-3)15(2)11-17(14)22(27)20-21(18-8-6-10-31-18)26(24(29)23(20)28)13-16-7-4-5-9-25-16/h4-12,21,27H,13H2,1-3H3/b22-20-. The number of carbonyl (C=O) groups is 2. The minimum atomic E-state index is -0.862. The van der Waals surface area contributed by atoms with Gasteiger partial charge < -0.3 is 19.2 Å². The summed E-state index contributed by atoms with van der Waals surface area (Å²) in [5.41, 5.74) is 2.59. The Labute approximate surface area is 179 Å². The number of ether oxygens (including phenoxy) is 1. The second-order valence-corrected chi connectivity index (χ2v) is 7.40. The minimum absolute atomic E-state index is 0.0106. The lowest BCUT2D eigenvalue weighted by atomic mass is 9.95. The lowest BCUT2D eigenvalue weighted by Crippen LogP contribution is -2.29. The molecule has 1 unspecified atom stereocenters. The average Bonchev–Trinajstić information content (AvgIpc) is 3.38. The molecular weight excluding hydrogens is 396 g/mol. The number of nitrogens with zero attached hydrogens (tertiary/aromatic N) is 2. The van der Waals surface area contributed by atoms with Crippen LogP contribution in [0.5, 0.6) is 5.75 Å². The molecule has 1 fully saturated rings. The number of aliphatic hydroxyl groups excluding tert-OH is 1. The average molecular weight is 418 g/mol. The van der Waals surface area contributed by atoms with Crippen LogP contribution >= 0.6 is 0 Å². The Morgan fingerprint density at radius 2 is 1.97 bits per heavy atom. The second-order valence-electron chi connectivity index (χ2n) is 7.40. The molecule has 31 heavy (non-hydrogen) atoms. The molecule has 1 aliphatic heterocycles. The van der Waals surface area contributed by atoms with Crippen molar-refractivity contribution in [2.45, 2.75) is 26.4 Å². The van der Waals surface area contributed by atoms with Crippen molar-refractivity contribution in [3.63, 3.8) is 0 Å². The number of aliphatic hydroxyl groups is 1. The molecule has 0 saturated carbocycles. The maximum absolute atomic E-state index is 13.0. The van der Waals surface area contributed by atoms with Crippen LogP contribution in [-0.4, -0.2) is 33.8 Å². The van der Waals surface area contributed by atoms with Crippen molar-refractivity contribution in [1.29, 1.82) is 0 Å². The number of rotatable bonds is 5. The smallest absolute Gasteiger partial charge is 0.296 e. The highest BCUT2D eigenvalue weighted by molar-refractivity contribution is 6.46. The van der Waals surface area contributed by atoms with Crippen molar-refractivity contribution < 1.29 is 23.8 Å². The largest absolute Gasteiger partial charge is 0.507 e. The number of carbonyl (C=O) groups excluding carboxylic acids is 2. The van der Waals surface area contributed by atoms with Gasteiger partial charge in [0, 0.05) is 11.8 Å². The highest BCUT2D eigenvalue weighted by atomic mass is 16.5. The molecule has 7 heteroatoms. The third kappa shape index (κ3) is 3.59. The van der Waals surface area contributed by atoms with Gasteiger partial charge in [-0.2, -0.15) is 0 Å². The van der Waals surface area contributed by atoms with E-state index in [-0.39, 0.29) is 17.9 Å². The Bertz CT molecular complexity index is 1170. The quantitative estimate of drug-likeness (QED) is 0.384. The molecular formula is C24H22N2O5. The number of benzene rings is 1. The zero-order valence-corrected chi connectivity index (χ0v) is 17.5. The van der Waals surface area contributed by atoms with Crippen molar-refractivity contribution in [1.82, 2.24) is 9.88 Å². The first-order valence-corrected chi connectivity index (χ1v) is 9.79. The highest BCUT2D eigenvalue weighted by Crippen LogP contribution is 2.41. The maximum Gasteiger partial charge on any atom is 0.296 e. The Kier molecular flexibility index (Phi) is 5.33. The van der Waals surface area contributed by atoms with Crippen LogP contribution in [-0.2, 0) is 16.1 Å². The topological polar surface area (TPSA) is 92.9 Å². The van der Waals surface area contributed by atoms with Gasteiger partial charge in [-0.25, -0.2) is 0 Å². The van der Waals surface area contributed by atoms with Gasteiger partial charge in [0.05, 0.1) is 31.2 Å². The van der Waals surface area contributed by atoms with E-state index in [0.29, 0.717) is 28.3 Å². The summed E-state index contributed by atoms with van der Waals surface area (Å²) in [6.07, 6.45) is 3.09. The van der Waals surface area contributed by atoms with E-state index in [0.717, 1.165) is 5.56 Å². The predicted molar refractivity (Wildman–Crippen MR) is 113 cm³/mol. The molecule has 1 aliphatic rings. The molecule has 158 valence electrons. The fourth-order valence-electron chi connectivity index (χ4n) is 3.86. The summed E-state index contributed by atoms with van der Waals surface area (Å²) in [4.78, 5) is 31.6. The summed E-state index contributed by atoms with van der Waals surface area (Å²) in [5, 5.41) is 11.2. The van der Waals surface area contributed by atoms with Crippen LogP contribution in [0.25, 0.3) is 5.76 Å². The molecule has 0 spiro atoms. The van der Waals surface area contributed by atoms with Crippen LogP contribution in [0.1, 0.15) is 34.2 Å². The molecule has 0 aliphatic carbocycles. The fourth-order valence-corrected chi connectivity index (χ4v) is 3.86. The molecule has 7 nitrogen and oxygen atoms in total. The summed E-state index contributed by atoms with van der Waals surface area (Å²) in [7, 11) is 1.57. The first kappa shape index (κ1) is 20.4. The first-order chi connectivity index (χ1) is 14.9. The van der Waals surface area contributed by atoms with Gasteiger partial charge in [-0.15, -0.1) is 0 Å². The van der Waals surface area contributed by atoms with Gasteiger partial charge in [-0.3, -0.25) is 14.6 Å². The summed E-state index contributed by atoms with van der Waals surface area (Å²) in [6.45, 7) is 3.76. The molecule has 0 bridgehead atoms. The third-order valence-electron chi connectivity index (χ3n) is 5.41. The molecule has 2 aromatic heterocycles. The van der Waals surface area contributed by atoms with Gasteiger partial charge in [0.1, 0.15) is 23.3 Å². The van der Waals surface area contributed by atoms with Gasteiger partial charge in [-0.05, 0) is 61.4 Å². The molecule has 4 rings (SSSR count). The molecule has 1 saturated heterocycles. The lowest BCUT2D eigenvalue weighted by molar-refractivity contribution is -0.140. The van der Waals surface area contributed by atoms with Crippen LogP contribution < -0.4 is 4.74 Å². The fraction of sp³-hybridized carbons (Fsp3) is 0.208. The monoisotopic (exact) mass is 418 g/mol. The molecule has 3 heterocycles. The van der Waals surface area contributed by atoms with E-state index in [1.54, 1.807) is 49.7 Å². The third-order valence-corrected chi connectivity index (χ3v) is 5.41. The van der Waals surface area contributed by atoms with E-state index in [9.17, 15) is 14.7 Å². The van der Waals surface area contributed by atoms with Crippen LogP contribution in [0, 0.1) is 13.8 Å². The Morgan fingerprint density at radius 3 is 2.61 bits per heavy atom. The number of aromatic nitrogens is 1. The number of methoxy groups -OCH3 is 1. The number of likely N-dealkylation sites (tertiary alicyclic amines) is 1. The maximum atomic E-state index is 13.0. The van der Waals surface area contributed by atoms with E-state index in [1.165, 1.54) is 11.2 Å². The Morgan fingerprint density at radius 1 is 1.16 bits per heavy atom. The van der Waals surface area contributed by atoms with E-state index < -0.39 is 17.7 Å². The van der Waals surface area contributed by atoms with Gasteiger partial charge >= 0.3 is 0 Å². The second kappa shape index (κ2) is 8.10. The number of Topliss-reactive ketones (excluding diaryl/α,β-unsaturated/α-hetero) is 1. The van der Waals surface area contributed by atoms with E-state index in [4.69, 9.17) is 9.15 Å². The number of hydrogen-bond acceptors (Lipinski definition) is 6. The summed E-state index contributed by atoms with van der Waals surface area (Å²) >= 11 is 0. The zero-order chi connectivity index (χ0) is 22.1. The van der Waals surface area contributed by atoms with E-state index in [2.05, 4.69) is 4.98 Å². The Balaban J connectivity index is 1.87. The van der Waals surface area contributed by atoms with Gasteiger partial charge in [0.15, 0.2) is 0 Å². The first-order valence-electron chi connectivity index (χ1n) is 9.79. The van der Waals surface area contributed by atoms with E-state index in [1.807, 2.05) is 19.9 Å². The predicted octanol–water partition coefficient (Wildman–Crippen LogP) is 3.92. The summed E-state index contributed by atoms with van der Waals surface area (Å²) < 4.78 is 10.9. The number of pyridine rings is 1. The molecule has 1 amide bonds. The molecule has 3 aromatic rings. The van der Waals surface area contributed by atoms with Crippen LogP contribution in [0.2, 0.25) is 0 Å². The highest BCUT2D eigenvalue weighted by Gasteiger charge is 2.47. The molecule has 0 radical (unpaired) electrons. The summed E-state index contributed by atoms with van der Waals surface area (Å²) in [6, 6.07) is 11.4. The molecule has 1 aromatic carbocycles. The molecule has 1 N–H and O–H groups in total. The van der Waals surface area contributed by atoms with Crippen molar-refractivity contribution >= 4 is 17.4 Å².